The summed E-state index contributed by atoms with van der Waals surface area (Å²) in [7, 11) is 0. The van der Waals surface area contributed by atoms with Crippen LogP contribution in [0.5, 0.6) is 0 Å². The van der Waals surface area contributed by atoms with Crippen LogP contribution in [0.4, 0.5) is 0 Å². The molecule has 1 aromatic carbocycles. The minimum absolute atomic E-state index is 0.000313. The molecule has 4 saturated carbocycles. The molecule has 24 heavy (non-hydrogen) atoms. The molecule has 3 nitrogen and oxygen atoms in total. The van der Waals surface area contributed by atoms with Crippen LogP contribution in [-0.4, -0.2) is 24.2 Å². The summed E-state index contributed by atoms with van der Waals surface area (Å²) in [6.07, 6.45) is 8.11. The number of hydrogen-bond acceptors (Lipinski definition) is 2. The van der Waals surface area contributed by atoms with Crippen LogP contribution in [0.1, 0.15) is 61.4 Å². The molecular weight excluding hydrogens is 298 g/mol. The van der Waals surface area contributed by atoms with Gasteiger partial charge in [0, 0.05) is 12.1 Å². The third kappa shape index (κ3) is 3.23. The van der Waals surface area contributed by atoms with E-state index >= 15 is 0 Å². The first-order valence-electron chi connectivity index (χ1n) is 9.54. The Bertz CT molecular complexity index is 589. The van der Waals surface area contributed by atoms with Crippen molar-refractivity contribution in [1.82, 2.24) is 5.32 Å². The smallest absolute Gasteiger partial charge is 0.251 e. The van der Waals surface area contributed by atoms with Gasteiger partial charge in [0.15, 0.2) is 0 Å². The molecule has 0 aromatic heterocycles. The summed E-state index contributed by atoms with van der Waals surface area (Å²) < 4.78 is 6.55. The van der Waals surface area contributed by atoms with Crippen molar-refractivity contribution in [2.75, 3.05) is 6.54 Å². The molecule has 4 aliphatic rings. The van der Waals surface area contributed by atoms with E-state index in [1.807, 2.05) is 31.2 Å². The van der Waals surface area contributed by atoms with Crippen LogP contribution in [0.3, 0.4) is 0 Å². The Balaban J connectivity index is 1.32. The van der Waals surface area contributed by atoms with E-state index in [9.17, 15) is 4.79 Å². The van der Waals surface area contributed by atoms with E-state index in [2.05, 4.69) is 12.2 Å². The standard InChI is InChI=1S/C21H29NO2/c1-14-4-3-5-19(6-14)20(23)22-13-15(2)24-21-10-16-7-17(11-21)9-18(8-16)12-21/h3-6,15-18H,7-13H2,1-2H3,(H,22,23)/t15-,16?,17?,18?,21?/m0/s1. The van der Waals surface area contributed by atoms with Gasteiger partial charge in [0.05, 0.1) is 11.7 Å². The van der Waals surface area contributed by atoms with Crippen LogP contribution < -0.4 is 5.32 Å². The van der Waals surface area contributed by atoms with Crippen molar-refractivity contribution in [3.63, 3.8) is 0 Å². The molecule has 1 N–H and O–H groups in total. The maximum absolute atomic E-state index is 12.3. The van der Waals surface area contributed by atoms with Gasteiger partial charge in [-0.15, -0.1) is 0 Å². The van der Waals surface area contributed by atoms with E-state index in [0.29, 0.717) is 6.54 Å². The normalized spacial score (nSPS) is 35.0. The lowest BCUT2D eigenvalue weighted by molar-refractivity contribution is -0.182. The lowest BCUT2D eigenvalue weighted by Gasteiger charge is -2.57. The molecule has 4 bridgehead atoms. The van der Waals surface area contributed by atoms with Crippen molar-refractivity contribution < 1.29 is 9.53 Å². The third-order valence-corrected chi connectivity index (χ3v) is 6.26. The first kappa shape index (κ1) is 16.1. The summed E-state index contributed by atoms with van der Waals surface area (Å²) in [6, 6.07) is 7.74. The van der Waals surface area contributed by atoms with E-state index in [4.69, 9.17) is 4.74 Å². The van der Waals surface area contributed by atoms with Crippen LogP contribution in [-0.2, 0) is 4.74 Å². The number of amides is 1. The Morgan fingerprint density at radius 3 is 2.42 bits per heavy atom. The van der Waals surface area contributed by atoms with Gasteiger partial charge in [-0.1, -0.05) is 17.7 Å². The Morgan fingerprint density at radius 2 is 1.83 bits per heavy atom. The number of carbonyl (C=O) groups is 1. The zero-order chi connectivity index (χ0) is 16.7. The first-order chi connectivity index (χ1) is 11.5. The second kappa shape index (κ2) is 6.18. The SMILES string of the molecule is Cc1cccc(C(=O)NC[C@H](C)OC23CC4CC(CC(C4)C2)C3)c1. The summed E-state index contributed by atoms with van der Waals surface area (Å²) in [6.45, 7) is 4.71. The van der Waals surface area contributed by atoms with Crippen molar-refractivity contribution in [3.8, 4) is 0 Å². The molecule has 3 heteroatoms. The summed E-state index contributed by atoms with van der Waals surface area (Å²) >= 11 is 0. The van der Waals surface area contributed by atoms with Crippen LogP contribution in [0.15, 0.2) is 24.3 Å². The predicted octanol–water partition coefficient (Wildman–Crippen LogP) is 4.10. The zero-order valence-electron chi connectivity index (χ0n) is 14.9. The summed E-state index contributed by atoms with van der Waals surface area (Å²) in [5.41, 5.74) is 1.96. The Morgan fingerprint density at radius 1 is 1.21 bits per heavy atom. The first-order valence-corrected chi connectivity index (χ1v) is 9.54. The Kier molecular flexibility index (Phi) is 4.16. The van der Waals surface area contributed by atoms with Gasteiger partial charge in [-0.2, -0.15) is 0 Å². The molecule has 0 radical (unpaired) electrons. The highest BCUT2D eigenvalue weighted by Crippen LogP contribution is 2.57. The average Bonchev–Trinajstić information content (AvgIpc) is 2.50. The number of rotatable bonds is 5. The number of carbonyl (C=O) groups excluding carboxylic acids is 1. The van der Waals surface area contributed by atoms with Crippen molar-refractivity contribution in [2.45, 2.75) is 64.1 Å². The van der Waals surface area contributed by atoms with Gasteiger partial charge in [0.25, 0.3) is 5.91 Å². The lowest BCUT2D eigenvalue weighted by atomic mass is 9.54. The van der Waals surface area contributed by atoms with Crippen molar-refractivity contribution in [3.05, 3.63) is 35.4 Å². The molecule has 4 aliphatic carbocycles. The van der Waals surface area contributed by atoms with Crippen LogP contribution in [0, 0.1) is 24.7 Å². The molecule has 0 spiro atoms. The maximum atomic E-state index is 12.3. The second-order valence-corrected chi connectivity index (χ2v) is 8.61. The highest BCUT2D eigenvalue weighted by atomic mass is 16.5. The highest BCUT2D eigenvalue weighted by Gasteiger charge is 2.52. The number of aryl methyl sites for hydroxylation is 1. The third-order valence-electron chi connectivity index (χ3n) is 6.26. The van der Waals surface area contributed by atoms with Gasteiger partial charge in [0.1, 0.15) is 0 Å². The van der Waals surface area contributed by atoms with Crippen molar-refractivity contribution in [1.29, 1.82) is 0 Å². The largest absolute Gasteiger partial charge is 0.370 e. The molecule has 0 heterocycles. The maximum Gasteiger partial charge on any atom is 0.251 e. The lowest BCUT2D eigenvalue weighted by Crippen LogP contribution is -2.53. The van der Waals surface area contributed by atoms with Crippen LogP contribution >= 0.6 is 0 Å². The minimum Gasteiger partial charge on any atom is -0.370 e. The number of nitrogens with one attached hydrogen (secondary N) is 1. The zero-order valence-corrected chi connectivity index (χ0v) is 14.9. The quantitative estimate of drug-likeness (QED) is 0.884. The highest BCUT2D eigenvalue weighted by molar-refractivity contribution is 5.94. The molecule has 0 aliphatic heterocycles. The Labute approximate surface area is 145 Å². The van der Waals surface area contributed by atoms with E-state index in [1.54, 1.807) is 0 Å². The molecule has 5 rings (SSSR count). The average molecular weight is 327 g/mol. The van der Waals surface area contributed by atoms with Gasteiger partial charge in [-0.05, 0) is 82.3 Å². The summed E-state index contributed by atoms with van der Waals surface area (Å²) in [5, 5.41) is 3.04. The Hall–Kier alpha value is -1.35. The molecule has 1 aromatic rings. The van der Waals surface area contributed by atoms with Crippen LogP contribution in [0.2, 0.25) is 0 Å². The molecule has 130 valence electrons. The minimum atomic E-state index is -0.000313. The predicted molar refractivity (Wildman–Crippen MR) is 95.0 cm³/mol. The second-order valence-electron chi connectivity index (χ2n) is 8.61. The topological polar surface area (TPSA) is 38.3 Å². The molecular formula is C21H29NO2. The fraction of sp³-hybridized carbons (Fsp3) is 0.667. The van der Waals surface area contributed by atoms with Gasteiger partial charge >= 0.3 is 0 Å². The number of benzene rings is 1. The fourth-order valence-electron chi connectivity index (χ4n) is 5.77. The van der Waals surface area contributed by atoms with Gasteiger partial charge < -0.3 is 10.1 Å². The summed E-state index contributed by atoms with van der Waals surface area (Å²) in [4.78, 5) is 12.3. The molecule has 1 atom stereocenters. The van der Waals surface area contributed by atoms with Crippen molar-refractivity contribution in [2.24, 2.45) is 17.8 Å². The monoisotopic (exact) mass is 327 g/mol. The van der Waals surface area contributed by atoms with Crippen molar-refractivity contribution >= 4 is 5.91 Å². The number of hydrogen-bond donors (Lipinski definition) is 1. The summed E-state index contributed by atoms with van der Waals surface area (Å²) in [5.74, 6) is 2.68. The fourth-order valence-corrected chi connectivity index (χ4v) is 5.77. The molecule has 4 fully saturated rings. The van der Waals surface area contributed by atoms with E-state index in [0.717, 1.165) is 28.9 Å². The van der Waals surface area contributed by atoms with Gasteiger partial charge in [-0.3, -0.25) is 4.79 Å². The van der Waals surface area contributed by atoms with E-state index in [1.165, 1.54) is 38.5 Å². The molecule has 0 saturated heterocycles. The van der Waals surface area contributed by atoms with Gasteiger partial charge in [0.2, 0.25) is 0 Å². The van der Waals surface area contributed by atoms with E-state index < -0.39 is 0 Å². The molecule has 1 amide bonds. The number of ether oxygens (including phenoxy) is 1. The van der Waals surface area contributed by atoms with Crippen LogP contribution in [0.25, 0.3) is 0 Å². The van der Waals surface area contributed by atoms with Gasteiger partial charge in [-0.25, -0.2) is 0 Å². The molecule has 0 unspecified atom stereocenters. The van der Waals surface area contributed by atoms with E-state index in [-0.39, 0.29) is 17.6 Å².